The standard InChI is InChI=1S/C61H115NO5/c1-3-5-7-9-11-13-15-17-19-22-27-31-35-39-43-47-51-55-61(66)67-56-52-48-44-40-36-32-28-24-21-23-26-30-34-38-42-46-50-54-60(65)62-58(57-63)59(64)53-49-45-41-37-33-29-25-20-18-16-14-12-10-8-6-4-2/h11,13,17,19,49,53,58-59,63-64H,3-10,12,14-16,18,20-48,50-52,54-57H2,1-2H3,(H,62,65)/b13-11-,19-17-,53-49+. The number of aliphatic hydroxyl groups is 2. The third kappa shape index (κ3) is 53.3. The minimum absolute atomic E-state index is 0.00329. The van der Waals surface area contributed by atoms with E-state index in [9.17, 15) is 19.8 Å². The summed E-state index contributed by atoms with van der Waals surface area (Å²) in [4.78, 5) is 24.5. The van der Waals surface area contributed by atoms with Crippen LogP contribution in [-0.2, 0) is 14.3 Å². The molecule has 6 nitrogen and oxygen atoms in total. The highest BCUT2D eigenvalue weighted by molar-refractivity contribution is 5.76. The Morgan fingerprint density at radius 1 is 0.418 bits per heavy atom. The number of rotatable bonds is 55. The van der Waals surface area contributed by atoms with E-state index in [1.54, 1.807) is 6.08 Å². The first-order valence-electron chi connectivity index (χ1n) is 29.8. The number of unbranched alkanes of at least 4 members (excludes halogenated alkanes) is 40. The molecule has 394 valence electrons. The molecule has 6 heteroatoms. The third-order valence-electron chi connectivity index (χ3n) is 13.7. The Kier molecular flexibility index (Phi) is 55.0. The number of carbonyl (C=O) groups is 2. The van der Waals surface area contributed by atoms with E-state index >= 15 is 0 Å². The van der Waals surface area contributed by atoms with Gasteiger partial charge in [0, 0.05) is 12.8 Å². The monoisotopic (exact) mass is 942 g/mol. The van der Waals surface area contributed by atoms with Gasteiger partial charge in [-0.15, -0.1) is 0 Å². The minimum atomic E-state index is -0.849. The molecule has 0 aliphatic carbocycles. The molecule has 0 saturated heterocycles. The molecule has 0 aromatic carbocycles. The van der Waals surface area contributed by atoms with Crippen LogP contribution in [0.1, 0.15) is 316 Å². The van der Waals surface area contributed by atoms with Crippen LogP contribution in [0.3, 0.4) is 0 Å². The lowest BCUT2D eigenvalue weighted by Crippen LogP contribution is -2.45. The summed E-state index contributed by atoms with van der Waals surface area (Å²) in [6, 6.07) is -0.632. The molecule has 0 fully saturated rings. The van der Waals surface area contributed by atoms with E-state index in [-0.39, 0.29) is 18.5 Å². The van der Waals surface area contributed by atoms with E-state index < -0.39 is 12.1 Å². The number of hydrogen-bond donors (Lipinski definition) is 3. The summed E-state index contributed by atoms with van der Waals surface area (Å²) >= 11 is 0. The first-order chi connectivity index (χ1) is 33.0. The SMILES string of the molecule is CCCCC/C=C\C/C=C\CCCCCCCCCC(=O)OCCCCCCCCCCCCCCCCCCCC(=O)NC(CO)C(O)/C=C/CCCCCCCCCCCCCCCC. The highest BCUT2D eigenvalue weighted by Gasteiger charge is 2.18. The molecule has 0 bridgehead atoms. The summed E-state index contributed by atoms with van der Waals surface area (Å²) in [5.41, 5.74) is 0. The van der Waals surface area contributed by atoms with Gasteiger partial charge in [-0.2, -0.15) is 0 Å². The summed E-state index contributed by atoms with van der Waals surface area (Å²) in [5.74, 6) is -0.0756. The molecule has 0 radical (unpaired) electrons. The number of aliphatic hydroxyl groups excluding tert-OH is 2. The topological polar surface area (TPSA) is 95.9 Å². The van der Waals surface area contributed by atoms with Crippen LogP contribution < -0.4 is 5.32 Å². The first kappa shape index (κ1) is 65.1. The van der Waals surface area contributed by atoms with Crippen LogP contribution in [0.5, 0.6) is 0 Å². The average molecular weight is 943 g/mol. The summed E-state index contributed by atoms with van der Waals surface area (Å²) in [5, 5.41) is 23.1. The second kappa shape index (κ2) is 56.7. The predicted octanol–water partition coefficient (Wildman–Crippen LogP) is 18.4. The van der Waals surface area contributed by atoms with Gasteiger partial charge in [0.15, 0.2) is 0 Å². The average Bonchev–Trinajstić information content (AvgIpc) is 3.33. The lowest BCUT2D eigenvalue weighted by molar-refractivity contribution is -0.143. The summed E-state index contributed by atoms with van der Waals surface area (Å²) in [7, 11) is 0. The second-order valence-electron chi connectivity index (χ2n) is 20.3. The van der Waals surface area contributed by atoms with Gasteiger partial charge in [0.1, 0.15) is 0 Å². The number of allylic oxidation sites excluding steroid dienone is 5. The van der Waals surface area contributed by atoms with Crippen LogP contribution in [-0.4, -0.2) is 47.4 Å². The van der Waals surface area contributed by atoms with Crippen molar-refractivity contribution in [2.24, 2.45) is 0 Å². The number of hydrogen-bond acceptors (Lipinski definition) is 5. The van der Waals surface area contributed by atoms with Crippen LogP contribution in [0, 0.1) is 0 Å². The summed E-state index contributed by atoms with van der Waals surface area (Å²) < 4.78 is 5.48. The van der Waals surface area contributed by atoms with E-state index in [4.69, 9.17) is 4.74 Å². The second-order valence-corrected chi connectivity index (χ2v) is 20.3. The molecule has 0 rings (SSSR count). The summed E-state index contributed by atoms with van der Waals surface area (Å²) in [6.07, 6.45) is 70.2. The Balaban J connectivity index is 3.44. The van der Waals surface area contributed by atoms with Crippen molar-refractivity contribution in [2.45, 2.75) is 328 Å². The fourth-order valence-corrected chi connectivity index (χ4v) is 9.08. The van der Waals surface area contributed by atoms with Crippen molar-refractivity contribution in [3.8, 4) is 0 Å². The van der Waals surface area contributed by atoms with Crippen LogP contribution in [0.25, 0.3) is 0 Å². The van der Waals surface area contributed by atoms with Gasteiger partial charge in [-0.25, -0.2) is 0 Å². The highest BCUT2D eigenvalue weighted by Crippen LogP contribution is 2.17. The van der Waals surface area contributed by atoms with Gasteiger partial charge in [-0.3, -0.25) is 9.59 Å². The zero-order valence-electron chi connectivity index (χ0n) is 44.9. The van der Waals surface area contributed by atoms with Gasteiger partial charge in [-0.05, 0) is 64.2 Å². The molecule has 0 aromatic heterocycles. The smallest absolute Gasteiger partial charge is 0.305 e. The van der Waals surface area contributed by atoms with Crippen molar-refractivity contribution in [2.75, 3.05) is 13.2 Å². The molecular formula is C61H115NO5. The molecule has 2 atom stereocenters. The van der Waals surface area contributed by atoms with E-state index in [0.29, 0.717) is 19.4 Å². The molecule has 0 aliphatic rings. The number of ether oxygens (including phenoxy) is 1. The maximum atomic E-state index is 12.5. The summed E-state index contributed by atoms with van der Waals surface area (Å²) in [6.45, 7) is 4.88. The molecule has 0 heterocycles. The molecule has 3 N–H and O–H groups in total. The maximum Gasteiger partial charge on any atom is 0.305 e. The lowest BCUT2D eigenvalue weighted by atomic mass is 10.0. The van der Waals surface area contributed by atoms with Crippen molar-refractivity contribution >= 4 is 11.9 Å². The molecule has 0 spiro atoms. The van der Waals surface area contributed by atoms with E-state index in [2.05, 4.69) is 43.5 Å². The van der Waals surface area contributed by atoms with Gasteiger partial charge in [-0.1, -0.05) is 275 Å². The largest absolute Gasteiger partial charge is 0.466 e. The van der Waals surface area contributed by atoms with Crippen molar-refractivity contribution in [1.82, 2.24) is 5.32 Å². The number of amides is 1. The van der Waals surface area contributed by atoms with Crippen LogP contribution in [0.2, 0.25) is 0 Å². The number of nitrogens with one attached hydrogen (secondary N) is 1. The molecule has 2 unspecified atom stereocenters. The third-order valence-corrected chi connectivity index (χ3v) is 13.7. The van der Waals surface area contributed by atoms with Gasteiger partial charge in [0.2, 0.25) is 5.91 Å². The molecule has 0 aliphatic heterocycles. The number of esters is 1. The van der Waals surface area contributed by atoms with Gasteiger partial charge in [0.05, 0.1) is 25.4 Å². The van der Waals surface area contributed by atoms with Gasteiger partial charge >= 0.3 is 5.97 Å². The van der Waals surface area contributed by atoms with Crippen LogP contribution >= 0.6 is 0 Å². The minimum Gasteiger partial charge on any atom is -0.466 e. The Hall–Kier alpha value is -1.92. The van der Waals surface area contributed by atoms with E-state index in [1.165, 1.54) is 238 Å². The molecular weight excluding hydrogens is 827 g/mol. The Labute approximate surface area is 417 Å². The van der Waals surface area contributed by atoms with Crippen molar-refractivity contribution in [1.29, 1.82) is 0 Å². The zero-order chi connectivity index (χ0) is 48.6. The van der Waals surface area contributed by atoms with Gasteiger partial charge < -0.3 is 20.3 Å². The fourth-order valence-electron chi connectivity index (χ4n) is 9.08. The normalized spacial score (nSPS) is 12.8. The maximum absolute atomic E-state index is 12.5. The Morgan fingerprint density at radius 3 is 1.16 bits per heavy atom. The number of carbonyl (C=O) groups excluding carboxylic acids is 2. The van der Waals surface area contributed by atoms with E-state index in [1.807, 2.05) is 6.08 Å². The fraction of sp³-hybridized carbons (Fsp3) is 0.869. The van der Waals surface area contributed by atoms with Crippen molar-refractivity contribution in [3.63, 3.8) is 0 Å². The predicted molar refractivity (Wildman–Crippen MR) is 292 cm³/mol. The van der Waals surface area contributed by atoms with Crippen molar-refractivity contribution in [3.05, 3.63) is 36.5 Å². The molecule has 0 aromatic rings. The quantitative estimate of drug-likeness (QED) is 0.0321. The van der Waals surface area contributed by atoms with Crippen LogP contribution in [0.15, 0.2) is 36.5 Å². The van der Waals surface area contributed by atoms with Crippen molar-refractivity contribution < 1.29 is 24.5 Å². The first-order valence-corrected chi connectivity index (χ1v) is 29.8. The molecule has 0 saturated carbocycles. The highest BCUT2D eigenvalue weighted by atomic mass is 16.5. The molecule has 67 heavy (non-hydrogen) atoms. The Bertz CT molecular complexity index is 1090. The zero-order valence-corrected chi connectivity index (χ0v) is 44.9. The molecule has 1 amide bonds. The Morgan fingerprint density at radius 2 is 0.746 bits per heavy atom. The van der Waals surface area contributed by atoms with Crippen LogP contribution in [0.4, 0.5) is 0 Å². The van der Waals surface area contributed by atoms with Gasteiger partial charge in [0.25, 0.3) is 0 Å². The van der Waals surface area contributed by atoms with E-state index in [0.717, 1.165) is 51.4 Å². The lowest BCUT2D eigenvalue weighted by Gasteiger charge is -2.20.